The number of hydrogen-bond donors (Lipinski definition) is 2. The van der Waals surface area contributed by atoms with E-state index in [1.807, 2.05) is 54.6 Å². The smallest absolute Gasteiger partial charge is 0.275 e. The maximum absolute atomic E-state index is 12.7. The molecule has 0 aliphatic carbocycles. The molecule has 0 fully saturated rings. The monoisotopic (exact) mass is 509 g/mol. The van der Waals surface area contributed by atoms with Crippen molar-refractivity contribution in [2.75, 3.05) is 5.32 Å². The van der Waals surface area contributed by atoms with Crippen molar-refractivity contribution in [3.8, 4) is 0 Å². The Morgan fingerprint density at radius 2 is 1.87 bits per heavy atom. The Balaban J connectivity index is 1.77. The Bertz CT molecular complexity index is 1170. The highest BCUT2D eigenvalue weighted by Gasteiger charge is 2.19. The highest BCUT2D eigenvalue weighted by Crippen LogP contribution is 2.19. The van der Waals surface area contributed by atoms with Crippen molar-refractivity contribution < 1.29 is 18.0 Å². The largest absolute Gasteiger partial charge is 0.391 e. The van der Waals surface area contributed by atoms with E-state index in [4.69, 9.17) is 9.98 Å². The minimum Gasteiger partial charge on any atom is -0.391 e. The number of oxime groups is 1. The van der Waals surface area contributed by atoms with Gasteiger partial charge in [-0.2, -0.15) is 0 Å². The molecule has 1 heterocycles. The molecule has 2 aromatic carbocycles. The van der Waals surface area contributed by atoms with Gasteiger partial charge in [0.05, 0.1) is 0 Å². The molecule has 0 aliphatic heterocycles. The second kappa shape index (κ2) is 9.89. The second-order valence-electron chi connectivity index (χ2n) is 5.98. The van der Waals surface area contributed by atoms with E-state index in [9.17, 15) is 13.2 Å². The predicted octanol–water partition coefficient (Wildman–Crippen LogP) is 2.70. The van der Waals surface area contributed by atoms with Crippen molar-refractivity contribution in [3.63, 3.8) is 0 Å². The van der Waals surface area contributed by atoms with Gasteiger partial charge in [-0.1, -0.05) is 74.9 Å². The molecule has 1 amide bonds. The Labute approximate surface area is 185 Å². The number of anilines is 1. The van der Waals surface area contributed by atoms with Gasteiger partial charge in [0.2, 0.25) is 9.47 Å². The van der Waals surface area contributed by atoms with Crippen LogP contribution in [0.15, 0.2) is 68.6 Å². The van der Waals surface area contributed by atoms with Crippen molar-refractivity contribution in [2.45, 2.75) is 17.4 Å². The summed E-state index contributed by atoms with van der Waals surface area (Å²) in [5.74, 6) is -0.597. The van der Waals surface area contributed by atoms with Gasteiger partial charge in [0.1, 0.15) is 12.3 Å². The maximum atomic E-state index is 12.7. The number of aromatic nitrogens is 2. The number of sulfonamides is 1. The van der Waals surface area contributed by atoms with Crippen LogP contribution < -0.4 is 10.5 Å². The lowest BCUT2D eigenvalue weighted by Crippen LogP contribution is -2.25. The van der Waals surface area contributed by atoms with E-state index < -0.39 is 20.3 Å². The fourth-order valence-corrected chi connectivity index (χ4v) is 4.07. The summed E-state index contributed by atoms with van der Waals surface area (Å²) in [6.45, 7) is 0.185. The number of hydrogen-bond acceptors (Lipinski definition) is 8. The van der Waals surface area contributed by atoms with Gasteiger partial charge in [-0.05, 0) is 23.3 Å². The number of carbonyl (C=O) groups excluding carboxylic acids is 1. The molecular formula is C18H16BrN5O4S2. The Morgan fingerprint density at radius 1 is 1.13 bits per heavy atom. The lowest BCUT2D eigenvalue weighted by molar-refractivity contribution is -0.110. The van der Waals surface area contributed by atoms with Gasteiger partial charge in [-0.3, -0.25) is 10.1 Å². The van der Waals surface area contributed by atoms with Crippen molar-refractivity contribution in [1.82, 2.24) is 10.2 Å². The molecule has 0 radical (unpaired) electrons. The van der Waals surface area contributed by atoms with Gasteiger partial charge in [0.15, 0.2) is 0 Å². The third-order valence-corrected chi connectivity index (χ3v) is 6.28. The van der Waals surface area contributed by atoms with Crippen molar-refractivity contribution >= 4 is 54.0 Å². The number of rotatable bonds is 8. The summed E-state index contributed by atoms with van der Waals surface area (Å²) >= 11 is 4.04. The summed E-state index contributed by atoms with van der Waals surface area (Å²) in [5, 5.41) is 18.6. The van der Waals surface area contributed by atoms with E-state index in [1.54, 1.807) is 0 Å². The maximum Gasteiger partial charge on any atom is 0.275 e. The van der Waals surface area contributed by atoms with Gasteiger partial charge in [-0.15, -0.1) is 10.2 Å². The molecule has 0 bridgehead atoms. The van der Waals surface area contributed by atoms with E-state index in [-0.39, 0.29) is 23.9 Å². The van der Waals surface area contributed by atoms with Crippen molar-refractivity contribution in [3.05, 3.63) is 70.2 Å². The average molecular weight is 510 g/mol. The van der Waals surface area contributed by atoms with Crippen LogP contribution in [0.3, 0.4) is 0 Å². The number of amides is 1. The molecular weight excluding hydrogens is 494 g/mol. The quantitative estimate of drug-likeness (QED) is 0.272. The second-order valence-corrected chi connectivity index (χ2v) is 9.60. The highest BCUT2D eigenvalue weighted by atomic mass is 79.9. The van der Waals surface area contributed by atoms with Crippen LogP contribution in [-0.4, -0.2) is 30.2 Å². The molecule has 3 N–H and O–H groups in total. The topological polar surface area (TPSA) is 137 Å². The van der Waals surface area contributed by atoms with Crippen molar-refractivity contribution in [1.29, 1.82) is 0 Å². The first-order valence-electron chi connectivity index (χ1n) is 8.46. The molecule has 30 heavy (non-hydrogen) atoms. The van der Waals surface area contributed by atoms with E-state index >= 15 is 0 Å². The average Bonchev–Trinajstić information content (AvgIpc) is 3.17. The number of benzene rings is 2. The molecule has 0 aliphatic rings. The van der Waals surface area contributed by atoms with E-state index in [0.717, 1.165) is 15.6 Å². The lowest BCUT2D eigenvalue weighted by atomic mass is 10.1. The van der Waals surface area contributed by atoms with Crippen LogP contribution in [0.4, 0.5) is 5.13 Å². The van der Waals surface area contributed by atoms with E-state index in [2.05, 4.69) is 36.6 Å². The van der Waals surface area contributed by atoms with Crippen molar-refractivity contribution in [2.24, 2.45) is 10.3 Å². The molecule has 12 heteroatoms. The van der Waals surface area contributed by atoms with Crippen LogP contribution in [0.1, 0.15) is 11.1 Å². The summed E-state index contributed by atoms with van der Waals surface area (Å²) in [6, 6.07) is 16.8. The summed E-state index contributed by atoms with van der Waals surface area (Å²) in [6.07, 6.45) is 0.181. The minimum absolute atomic E-state index is 0.0194. The van der Waals surface area contributed by atoms with Crippen LogP contribution in [0, 0.1) is 0 Å². The fraction of sp³-hybridized carbons (Fsp3) is 0.111. The number of halogens is 1. The molecule has 0 saturated heterocycles. The molecule has 156 valence electrons. The first-order chi connectivity index (χ1) is 14.3. The van der Waals surface area contributed by atoms with E-state index in [1.165, 1.54) is 0 Å². The third kappa shape index (κ3) is 6.42. The Hall–Kier alpha value is -2.67. The molecule has 0 spiro atoms. The Kier molecular flexibility index (Phi) is 7.26. The van der Waals surface area contributed by atoms with Gasteiger partial charge in [-0.25, -0.2) is 13.6 Å². The normalized spacial score (nSPS) is 11.9. The first kappa shape index (κ1) is 22.0. The fourth-order valence-electron chi connectivity index (χ4n) is 2.30. The van der Waals surface area contributed by atoms with E-state index in [0.29, 0.717) is 11.3 Å². The van der Waals surface area contributed by atoms with Crippen LogP contribution in [0.25, 0.3) is 0 Å². The predicted molar refractivity (Wildman–Crippen MR) is 116 cm³/mol. The van der Waals surface area contributed by atoms with Crippen LogP contribution in [0.2, 0.25) is 0 Å². The number of primary sulfonamides is 1. The minimum atomic E-state index is -4.00. The Morgan fingerprint density at radius 3 is 2.53 bits per heavy atom. The zero-order chi connectivity index (χ0) is 21.6. The lowest BCUT2D eigenvalue weighted by Gasteiger charge is -2.07. The molecule has 9 nitrogen and oxygen atoms in total. The zero-order valence-electron chi connectivity index (χ0n) is 15.4. The number of nitrogens with zero attached hydrogens (tertiary/aromatic N) is 3. The van der Waals surface area contributed by atoms with Gasteiger partial charge < -0.3 is 4.84 Å². The van der Waals surface area contributed by atoms with Gasteiger partial charge in [0, 0.05) is 10.9 Å². The summed E-state index contributed by atoms with van der Waals surface area (Å²) in [7, 11) is -4.00. The highest BCUT2D eigenvalue weighted by molar-refractivity contribution is 9.10. The van der Waals surface area contributed by atoms with Gasteiger partial charge >= 0.3 is 0 Å². The van der Waals surface area contributed by atoms with Crippen LogP contribution in [0.5, 0.6) is 0 Å². The zero-order valence-corrected chi connectivity index (χ0v) is 18.6. The molecule has 3 rings (SSSR count). The summed E-state index contributed by atoms with van der Waals surface area (Å²) in [4.78, 5) is 18.1. The SMILES string of the molecule is NS(=O)(=O)c1nnc(NC(=O)/C(Cc2cccc(Br)c2)=N/OCc2ccccc2)s1. The summed E-state index contributed by atoms with van der Waals surface area (Å²) < 4.78 is 23.1. The number of nitrogens with two attached hydrogens (primary N) is 1. The van der Waals surface area contributed by atoms with Crippen LogP contribution >= 0.6 is 27.3 Å². The van der Waals surface area contributed by atoms with Gasteiger partial charge in [0.25, 0.3) is 15.9 Å². The molecule has 0 saturated carbocycles. The standard InChI is InChI=1S/C18H16BrN5O4S2/c19-14-8-4-7-13(9-14)10-15(24-28-11-12-5-2-1-3-6-12)16(25)21-17-22-23-18(29-17)30(20,26)27/h1-9H,10-11H2,(H2,20,26,27)(H,21,22,25)/b24-15+. The number of carbonyl (C=O) groups is 1. The molecule has 0 atom stereocenters. The third-order valence-electron chi connectivity index (χ3n) is 3.64. The molecule has 1 aromatic heterocycles. The first-order valence-corrected chi connectivity index (χ1v) is 11.6. The summed E-state index contributed by atoms with van der Waals surface area (Å²) in [5.41, 5.74) is 1.80. The van der Waals surface area contributed by atoms with Crippen LogP contribution in [-0.2, 0) is 32.7 Å². The molecule has 0 unspecified atom stereocenters. The number of nitrogens with one attached hydrogen (secondary N) is 1. The molecule has 3 aromatic rings.